The van der Waals surface area contributed by atoms with E-state index in [-0.39, 0.29) is 0 Å². The summed E-state index contributed by atoms with van der Waals surface area (Å²) < 4.78 is 0. The van der Waals surface area contributed by atoms with E-state index in [1.54, 1.807) is 0 Å². The highest BCUT2D eigenvalue weighted by Crippen LogP contribution is 2.26. The third kappa shape index (κ3) is 2.87. The van der Waals surface area contributed by atoms with Crippen molar-refractivity contribution in [3.05, 3.63) is 70.3 Å². The molecule has 8 bridgehead atoms. The number of nitrogens with one attached hydrogen (secondary N) is 2. The molecule has 0 fully saturated rings. The van der Waals surface area contributed by atoms with E-state index in [1.807, 2.05) is 0 Å². The van der Waals surface area contributed by atoms with Crippen LogP contribution in [0.5, 0.6) is 0 Å². The van der Waals surface area contributed by atoms with Crippen LogP contribution in [-0.2, 0) is 0 Å². The van der Waals surface area contributed by atoms with Crippen LogP contribution in [0.25, 0.3) is 45.4 Å². The molecule has 4 nitrogen and oxygen atoms in total. The van der Waals surface area contributed by atoms with Crippen molar-refractivity contribution in [3.8, 4) is 0 Å². The molecule has 3 aromatic heterocycles. The lowest BCUT2D eigenvalue weighted by molar-refractivity contribution is 1.26. The molecule has 5 rings (SSSR count). The molecule has 0 saturated carbocycles. The normalized spacial score (nSPS) is 13.4. The first-order chi connectivity index (χ1) is 13.4. The Balaban J connectivity index is 1.91. The molecule has 0 unspecified atom stereocenters. The molecule has 4 heteroatoms. The monoisotopic (exact) mass is 366 g/mol. The number of fused-ring (bicyclic) bond motifs is 8. The third-order valence-electron chi connectivity index (χ3n) is 5.36. The second-order valence-electron chi connectivity index (χ2n) is 7.72. The number of aromatic nitrogens is 4. The highest BCUT2D eigenvalue weighted by Gasteiger charge is 2.10. The Kier molecular flexibility index (Phi) is 3.63. The van der Waals surface area contributed by atoms with Gasteiger partial charge in [0.2, 0.25) is 0 Å². The lowest BCUT2D eigenvalue weighted by Gasteiger charge is -1.89. The average Bonchev–Trinajstić information content (AvgIpc) is 3.33. The van der Waals surface area contributed by atoms with Gasteiger partial charge >= 0.3 is 0 Å². The van der Waals surface area contributed by atoms with Gasteiger partial charge in [-0.3, -0.25) is 0 Å². The molecule has 0 spiro atoms. The van der Waals surface area contributed by atoms with Gasteiger partial charge in [-0.25, -0.2) is 9.97 Å². The fraction of sp³-hybridized carbons (Fsp3) is 0.167. The van der Waals surface area contributed by atoms with Crippen LogP contribution in [0.4, 0.5) is 0 Å². The highest BCUT2D eigenvalue weighted by atomic mass is 14.8. The van der Waals surface area contributed by atoms with E-state index in [2.05, 4.69) is 86.2 Å². The van der Waals surface area contributed by atoms with E-state index in [4.69, 9.17) is 9.97 Å². The van der Waals surface area contributed by atoms with E-state index < -0.39 is 0 Å². The Bertz CT molecular complexity index is 1350. The first-order valence-corrected chi connectivity index (χ1v) is 9.51. The predicted octanol–water partition coefficient (Wildman–Crippen LogP) is 6.05. The molecule has 0 saturated heterocycles. The maximum absolute atomic E-state index is 4.81. The summed E-state index contributed by atoms with van der Waals surface area (Å²) in [7, 11) is 0. The van der Waals surface area contributed by atoms with Crippen molar-refractivity contribution in [2.45, 2.75) is 27.7 Å². The average molecular weight is 366 g/mol. The predicted molar refractivity (Wildman–Crippen MR) is 118 cm³/mol. The highest BCUT2D eigenvalue weighted by molar-refractivity contribution is 5.86. The molecule has 3 aromatic rings. The van der Waals surface area contributed by atoms with Crippen LogP contribution >= 0.6 is 0 Å². The van der Waals surface area contributed by atoms with Gasteiger partial charge in [-0.05, 0) is 98.5 Å². The van der Waals surface area contributed by atoms with Crippen molar-refractivity contribution in [1.82, 2.24) is 19.9 Å². The summed E-state index contributed by atoms with van der Waals surface area (Å²) in [5.41, 5.74) is 12.9. The van der Waals surface area contributed by atoms with Gasteiger partial charge in [0.25, 0.3) is 0 Å². The Morgan fingerprint density at radius 2 is 1.07 bits per heavy atom. The van der Waals surface area contributed by atoms with Gasteiger partial charge in [0.15, 0.2) is 0 Å². The number of aromatic amines is 2. The number of allylic oxidation sites excluding steroid dienone is 2. The van der Waals surface area contributed by atoms with Crippen molar-refractivity contribution in [1.29, 1.82) is 0 Å². The molecule has 0 aromatic carbocycles. The Morgan fingerprint density at radius 3 is 1.71 bits per heavy atom. The molecular weight excluding hydrogens is 344 g/mol. The standard InChI is InChI=1S/C24H22N4/c1-13-5-17-10-22-15(3)7-19(27-22)12-24-16(4)8-20(28-24)11-23-14(2)6-18(26-23)9-21(13)25-17/h5-12,25-26H,1-4H3. The molecule has 28 heavy (non-hydrogen) atoms. The Morgan fingerprint density at radius 1 is 0.571 bits per heavy atom. The van der Waals surface area contributed by atoms with Gasteiger partial charge < -0.3 is 9.97 Å². The van der Waals surface area contributed by atoms with Crippen molar-refractivity contribution >= 4 is 45.4 Å². The first-order valence-electron chi connectivity index (χ1n) is 9.51. The largest absolute Gasteiger partial charge is 0.355 e. The summed E-state index contributed by atoms with van der Waals surface area (Å²) in [4.78, 5) is 16.6. The van der Waals surface area contributed by atoms with Crippen LogP contribution < -0.4 is 0 Å². The van der Waals surface area contributed by atoms with Gasteiger partial charge in [-0.1, -0.05) is 0 Å². The van der Waals surface area contributed by atoms with Gasteiger partial charge in [-0.15, -0.1) is 0 Å². The van der Waals surface area contributed by atoms with Gasteiger partial charge in [0.05, 0.1) is 22.8 Å². The van der Waals surface area contributed by atoms with E-state index in [0.717, 1.165) is 56.0 Å². The summed E-state index contributed by atoms with van der Waals surface area (Å²) in [5, 5.41) is 0. The number of aryl methyl sites for hydroxylation is 2. The molecule has 138 valence electrons. The molecule has 0 radical (unpaired) electrons. The molecular formula is C24H22N4. The summed E-state index contributed by atoms with van der Waals surface area (Å²) in [6.45, 7) is 8.44. The van der Waals surface area contributed by atoms with Crippen LogP contribution in [0.1, 0.15) is 47.8 Å². The van der Waals surface area contributed by atoms with Gasteiger partial charge in [-0.2, -0.15) is 0 Å². The molecule has 2 N–H and O–H groups in total. The molecule has 2 aliphatic rings. The minimum absolute atomic E-state index is 0.942. The minimum atomic E-state index is 0.942. The fourth-order valence-electron chi connectivity index (χ4n) is 3.80. The van der Waals surface area contributed by atoms with Crippen molar-refractivity contribution in [2.75, 3.05) is 0 Å². The number of hydrogen-bond donors (Lipinski definition) is 2. The Hall–Kier alpha value is -3.40. The first kappa shape index (κ1) is 16.8. The van der Waals surface area contributed by atoms with Crippen LogP contribution in [0, 0.1) is 13.8 Å². The summed E-state index contributed by atoms with van der Waals surface area (Å²) in [6.07, 6.45) is 4.24. The van der Waals surface area contributed by atoms with Crippen molar-refractivity contribution in [2.24, 2.45) is 0 Å². The maximum Gasteiger partial charge on any atom is 0.0688 e. The second kappa shape index (κ2) is 6.06. The van der Waals surface area contributed by atoms with Crippen LogP contribution in [0.15, 0.2) is 36.4 Å². The minimum Gasteiger partial charge on any atom is -0.355 e. The zero-order valence-electron chi connectivity index (χ0n) is 16.5. The zero-order chi connectivity index (χ0) is 19.4. The van der Waals surface area contributed by atoms with Crippen LogP contribution in [-0.4, -0.2) is 19.9 Å². The summed E-state index contributed by atoms with van der Waals surface area (Å²) >= 11 is 0. The molecule has 2 aliphatic heterocycles. The second-order valence-corrected chi connectivity index (χ2v) is 7.72. The van der Waals surface area contributed by atoms with Crippen LogP contribution in [0.3, 0.4) is 0 Å². The topological polar surface area (TPSA) is 57.4 Å². The lowest BCUT2D eigenvalue weighted by Crippen LogP contribution is -1.80. The number of hydrogen-bond acceptors (Lipinski definition) is 2. The SMILES string of the molecule is CC1=Cc2cc3[nH]c(cc3C)cc3[nH]c(cc4nc(cc1n2)C=C4C)cc3C. The van der Waals surface area contributed by atoms with E-state index >= 15 is 0 Å². The third-order valence-corrected chi connectivity index (χ3v) is 5.36. The summed E-state index contributed by atoms with van der Waals surface area (Å²) in [5.74, 6) is 0. The smallest absolute Gasteiger partial charge is 0.0688 e. The van der Waals surface area contributed by atoms with Crippen molar-refractivity contribution in [3.63, 3.8) is 0 Å². The van der Waals surface area contributed by atoms with Crippen molar-refractivity contribution < 1.29 is 0 Å². The molecule has 5 heterocycles. The molecule has 0 amide bonds. The quantitative estimate of drug-likeness (QED) is 0.508. The van der Waals surface area contributed by atoms with E-state index in [0.29, 0.717) is 0 Å². The summed E-state index contributed by atoms with van der Waals surface area (Å²) in [6, 6.07) is 12.8. The number of H-pyrrole nitrogens is 2. The molecule has 0 atom stereocenters. The van der Waals surface area contributed by atoms with E-state index in [9.17, 15) is 0 Å². The number of rotatable bonds is 0. The number of nitrogens with zero attached hydrogens (tertiary/aromatic N) is 2. The Labute approximate surface area is 163 Å². The van der Waals surface area contributed by atoms with Gasteiger partial charge in [0, 0.05) is 22.1 Å². The lowest BCUT2D eigenvalue weighted by atomic mass is 10.2. The zero-order valence-corrected chi connectivity index (χ0v) is 16.5. The van der Waals surface area contributed by atoms with Gasteiger partial charge in [0.1, 0.15) is 0 Å². The van der Waals surface area contributed by atoms with E-state index in [1.165, 1.54) is 11.1 Å². The maximum atomic E-state index is 4.81. The molecule has 0 aliphatic carbocycles. The fourth-order valence-corrected chi connectivity index (χ4v) is 3.80. The van der Waals surface area contributed by atoms with Crippen LogP contribution in [0.2, 0.25) is 0 Å².